The molecule has 0 amide bonds. The van der Waals surface area contributed by atoms with Crippen LogP contribution >= 0.6 is 11.6 Å². The van der Waals surface area contributed by atoms with Gasteiger partial charge in [0.1, 0.15) is 25.6 Å². The van der Waals surface area contributed by atoms with Gasteiger partial charge in [0.05, 0.1) is 12.1 Å². The summed E-state index contributed by atoms with van der Waals surface area (Å²) in [7, 11) is 1.59. The number of ether oxygens (including phenoxy) is 4. The second-order valence-corrected chi connectivity index (χ2v) is 5.73. The number of methoxy groups -OCH3 is 1. The van der Waals surface area contributed by atoms with E-state index in [9.17, 15) is 4.79 Å². The molecule has 25 heavy (non-hydrogen) atoms. The first-order chi connectivity index (χ1) is 12.2. The summed E-state index contributed by atoms with van der Waals surface area (Å²) in [5.41, 5.74) is 1.58. The molecular weight excluding hydrogens is 344 g/mol. The van der Waals surface area contributed by atoms with Crippen molar-refractivity contribution in [3.8, 4) is 17.2 Å². The first-order valence-corrected chi connectivity index (χ1v) is 8.10. The molecule has 3 rings (SSSR count). The van der Waals surface area contributed by atoms with Gasteiger partial charge in [0, 0.05) is 6.08 Å². The van der Waals surface area contributed by atoms with E-state index < -0.39 is 5.97 Å². The predicted molar refractivity (Wildman–Crippen MR) is 94.3 cm³/mol. The molecule has 0 fully saturated rings. The van der Waals surface area contributed by atoms with Gasteiger partial charge in [-0.2, -0.15) is 0 Å². The van der Waals surface area contributed by atoms with Crippen LogP contribution in [-0.4, -0.2) is 26.3 Å². The number of carbonyl (C=O) groups is 1. The van der Waals surface area contributed by atoms with Gasteiger partial charge in [-0.25, -0.2) is 4.79 Å². The van der Waals surface area contributed by atoms with Crippen molar-refractivity contribution in [1.82, 2.24) is 0 Å². The van der Waals surface area contributed by atoms with Crippen LogP contribution < -0.4 is 14.2 Å². The summed E-state index contributed by atoms with van der Waals surface area (Å²) in [5, 5.41) is 0.440. The third-order valence-electron chi connectivity index (χ3n) is 3.54. The fraction of sp³-hybridized carbons (Fsp3) is 0.211. The Bertz CT molecular complexity index is 800. The first kappa shape index (κ1) is 17.2. The van der Waals surface area contributed by atoms with Gasteiger partial charge in [-0.3, -0.25) is 0 Å². The molecule has 0 saturated heterocycles. The highest BCUT2D eigenvalue weighted by Gasteiger charge is 2.17. The van der Waals surface area contributed by atoms with Crippen molar-refractivity contribution in [3.05, 3.63) is 58.6 Å². The summed E-state index contributed by atoms with van der Waals surface area (Å²) in [5.74, 6) is 1.37. The summed E-state index contributed by atoms with van der Waals surface area (Å²) >= 11 is 6.16. The zero-order chi connectivity index (χ0) is 17.6. The zero-order valence-electron chi connectivity index (χ0n) is 13.7. The van der Waals surface area contributed by atoms with Crippen LogP contribution in [-0.2, 0) is 16.1 Å². The summed E-state index contributed by atoms with van der Waals surface area (Å²) < 4.78 is 21.3. The van der Waals surface area contributed by atoms with Gasteiger partial charge in [-0.15, -0.1) is 0 Å². The topological polar surface area (TPSA) is 54.0 Å². The lowest BCUT2D eigenvalue weighted by atomic mass is 10.2. The molecule has 2 aromatic rings. The van der Waals surface area contributed by atoms with Crippen molar-refractivity contribution in [2.75, 3.05) is 20.3 Å². The molecule has 0 atom stereocenters. The van der Waals surface area contributed by atoms with Crippen molar-refractivity contribution in [3.63, 3.8) is 0 Å². The number of hydrogen-bond donors (Lipinski definition) is 0. The minimum Gasteiger partial charge on any atom is -0.497 e. The van der Waals surface area contributed by atoms with Gasteiger partial charge < -0.3 is 18.9 Å². The lowest BCUT2D eigenvalue weighted by Crippen LogP contribution is -2.16. The lowest BCUT2D eigenvalue weighted by molar-refractivity contribution is -0.138. The Kier molecular flexibility index (Phi) is 5.46. The minimum absolute atomic E-state index is 0.0949. The molecule has 1 heterocycles. The average molecular weight is 361 g/mol. The molecule has 6 heteroatoms. The number of rotatable bonds is 5. The van der Waals surface area contributed by atoms with Gasteiger partial charge in [-0.05, 0) is 41.5 Å². The van der Waals surface area contributed by atoms with Crippen LogP contribution in [0.4, 0.5) is 0 Å². The second kappa shape index (κ2) is 7.94. The van der Waals surface area contributed by atoms with Crippen LogP contribution in [0.1, 0.15) is 11.1 Å². The highest BCUT2D eigenvalue weighted by molar-refractivity contribution is 6.32. The van der Waals surface area contributed by atoms with E-state index in [0.717, 1.165) is 16.9 Å². The fourth-order valence-corrected chi connectivity index (χ4v) is 2.65. The maximum absolute atomic E-state index is 11.9. The molecule has 0 radical (unpaired) electrons. The Balaban J connectivity index is 1.60. The van der Waals surface area contributed by atoms with Crippen molar-refractivity contribution in [2.45, 2.75) is 6.61 Å². The van der Waals surface area contributed by atoms with Crippen LogP contribution in [0.2, 0.25) is 5.02 Å². The third-order valence-corrected chi connectivity index (χ3v) is 3.82. The van der Waals surface area contributed by atoms with Gasteiger partial charge >= 0.3 is 5.97 Å². The second-order valence-electron chi connectivity index (χ2n) is 5.32. The molecule has 0 bridgehead atoms. The Labute approximate surface area is 150 Å². The van der Waals surface area contributed by atoms with E-state index in [1.165, 1.54) is 6.08 Å². The molecule has 0 saturated carbocycles. The number of fused-ring (bicyclic) bond motifs is 1. The van der Waals surface area contributed by atoms with E-state index in [1.54, 1.807) is 25.3 Å². The SMILES string of the molecule is COc1cccc(/C=C/C(=O)OCc2cc(Cl)c3c(c2)OCCO3)c1. The summed E-state index contributed by atoms with van der Waals surface area (Å²) in [6, 6.07) is 10.8. The van der Waals surface area contributed by atoms with E-state index in [2.05, 4.69) is 0 Å². The Morgan fingerprint density at radius 1 is 1.24 bits per heavy atom. The highest BCUT2D eigenvalue weighted by Crippen LogP contribution is 2.38. The quantitative estimate of drug-likeness (QED) is 0.598. The molecule has 0 aliphatic carbocycles. The summed E-state index contributed by atoms with van der Waals surface area (Å²) in [6.07, 6.45) is 3.04. The van der Waals surface area contributed by atoms with Crippen LogP contribution in [0.25, 0.3) is 6.08 Å². The van der Waals surface area contributed by atoms with E-state index in [0.29, 0.717) is 29.7 Å². The monoisotopic (exact) mass is 360 g/mol. The van der Waals surface area contributed by atoms with Crippen molar-refractivity contribution < 1.29 is 23.7 Å². The number of carbonyl (C=O) groups excluding carboxylic acids is 1. The highest BCUT2D eigenvalue weighted by atomic mass is 35.5. The standard InChI is InChI=1S/C19H17ClO5/c1-22-15-4-2-3-13(9-15)5-6-18(21)25-12-14-10-16(20)19-17(11-14)23-7-8-24-19/h2-6,9-11H,7-8,12H2,1H3/b6-5+. The largest absolute Gasteiger partial charge is 0.497 e. The molecule has 2 aromatic carbocycles. The van der Waals surface area contributed by atoms with Gasteiger partial charge in [0.2, 0.25) is 0 Å². The number of benzene rings is 2. The molecule has 1 aliphatic rings. The van der Waals surface area contributed by atoms with E-state index >= 15 is 0 Å². The maximum atomic E-state index is 11.9. The first-order valence-electron chi connectivity index (χ1n) is 7.72. The fourth-order valence-electron chi connectivity index (χ4n) is 2.36. The molecular formula is C19H17ClO5. The number of esters is 1. The van der Waals surface area contributed by atoms with Crippen LogP contribution in [0.5, 0.6) is 17.2 Å². The van der Waals surface area contributed by atoms with Crippen LogP contribution in [0, 0.1) is 0 Å². The van der Waals surface area contributed by atoms with Crippen molar-refractivity contribution in [1.29, 1.82) is 0 Å². The third kappa shape index (κ3) is 4.45. The van der Waals surface area contributed by atoms with E-state index in [-0.39, 0.29) is 6.61 Å². The average Bonchev–Trinajstić information content (AvgIpc) is 2.65. The Hall–Kier alpha value is -2.66. The van der Waals surface area contributed by atoms with E-state index in [4.69, 9.17) is 30.5 Å². The van der Waals surface area contributed by atoms with Crippen LogP contribution in [0.15, 0.2) is 42.5 Å². The normalized spacial score (nSPS) is 12.9. The number of halogens is 1. The van der Waals surface area contributed by atoms with Crippen molar-refractivity contribution >= 4 is 23.6 Å². The van der Waals surface area contributed by atoms with Crippen LogP contribution in [0.3, 0.4) is 0 Å². The molecule has 0 unspecified atom stereocenters. The summed E-state index contributed by atoms with van der Waals surface area (Å²) in [4.78, 5) is 11.9. The van der Waals surface area contributed by atoms with Crippen molar-refractivity contribution in [2.24, 2.45) is 0 Å². The molecule has 1 aliphatic heterocycles. The molecule has 0 N–H and O–H groups in total. The molecule has 5 nitrogen and oxygen atoms in total. The molecule has 0 aromatic heterocycles. The van der Waals surface area contributed by atoms with Gasteiger partial charge in [-0.1, -0.05) is 23.7 Å². The minimum atomic E-state index is -0.450. The Morgan fingerprint density at radius 2 is 2.08 bits per heavy atom. The van der Waals surface area contributed by atoms with E-state index in [1.807, 2.05) is 24.3 Å². The summed E-state index contributed by atoms with van der Waals surface area (Å²) in [6.45, 7) is 1.03. The Morgan fingerprint density at radius 3 is 2.92 bits per heavy atom. The smallest absolute Gasteiger partial charge is 0.331 e. The molecule has 130 valence electrons. The van der Waals surface area contributed by atoms with Gasteiger partial charge in [0.25, 0.3) is 0 Å². The molecule has 0 spiro atoms. The lowest BCUT2D eigenvalue weighted by Gasteiger charge is -2.20. The zero-order valence-corrected chi connectivity index (χ0v) is 14.4. The maximum Gasteiger partial charge on any atom is 0.331 e. The predicted octanol–water partition coefficient (Wildman–Crippen LogP) is 3.88. The van der Waals surface area contributed by atoms with Gasteiger partial charge in [0.15, 0.2) is 11.5 Å². The number of hydrogen-bond acceptors (Lipinski definition) is 5.